The van der Waals surface area contributed by atoms with E-state index in [-0.39, 0.29) is 12.4 Å². The average molecular weight is 231 g/mol. The molecule has 0 radical (unpaired) electrons. The minimum atomic E-state index is 0. The van der Waals surface area contributed by atoms with Crippen molar-refractivity contribution in [1.29, 1.82) is 0 Å². The number of aromatic amines is 1. The number of halogens is 1. The zero-order valence-electron chi connectivity index (χ0n) is 9.29. The molecule has 1 heterocycles. The SMILES string of the molecule is CCCCc1cc(N=C(N)CC)n[nH]1.Cl. The summed E-state index contributed by atoms with van der Waals surface area (Å²) in [5.41, 5.74) is 6.74. The Kier molecular flexibility index (Phi) is 6.79. The number of hydrogen-bond donors (Lipinski definition) is 2. The maximum Gasteiger partial charge on any atom is 0.175 e. The monoisotopic (exact) mass is 230 g/mol. The molecule has 0 spiro atoms. The number of H-pyrrole nitrogens is 1. The Morgan fingerprint density at radius 1 is 1.53 bits per heavy atom. The van der Waals surface area contributed by atoms with Gasteiger partial charge in [0.1, 0.15) is 5.84 Å². The summed E-state index contributed by atoms with van der Waals surface area (Å²) in [6.45, 7) is 4.15. The molecule has 0 unspecified atom stereocenters. The molecule has 0 bridgehead atoms. The lowest BCUT2D eigenvalue weighted by Gasteiger charge is -1.91. The van der Waals surface area contributed by atoms with Crippen molar-refractivity contribution in [3.05, 3.63) is 11.8 Å². The number of unbranched alkanes of at least 4 members (excludes halogenated alkanes) is 1. The molecule has 0 amide bonds. The fourth-order valence-electron chi connectivity index (χ4n) is 1.13. The predicted molar refractivity (Wildman–Crippen MR) is 66.0 cm³/mol. The van der Waals surface area contributed by atoms with Crippen LogP contribution in [0.15, 0.2) is 11.1 Å². The van der Waals surface area contributed by atoms with Gasteiger partial charge in [0.05, 0.1) is 0 Å². The first-order valence-corrected chi connectivity index (χ1v) is 5.13. The molecule has 15 heavy (non-hydrogen) atoms. The summed E-state index contributed by atoms with van der Waals surface area (Å²) in [5, 5.41) is 7.02. The van der Waals surface area contributed by atoms with Crippen molar-refractivity contribution < 1.29 is 0 Å². The molecule has 0 aliphatic rings. The molecule has 3 N–H and O–H groups in total. The van der Waals surface area contributed by atoms with Crippen molar-refractivity contribution in [1.82, 2.24) is 10.2 Å². The van der Waals surface area contributed by atoms with Gasteiger partial charge in [-0.15, -0.1) is 12.4 Å². The van der Waals surface area contributed by atoms with Gasteiger partial charge < -0.3 is 5.73 Å². The number of amidine groups is 1. The normalized spacial score (nSPS) is 11.2. The zero-order chi connectivity index (χ0) is 10.4. The fourth-order valence-corrected chi connectivity index (χ4v) is 1.13. The van der Waals surface area contributed by atoms with Crippen LogP contribution in [0.1, 0.15) is 38.8 Å². The van der Waals surface area contributed by atoms with Crippen LogP contribution in [-0.4, -0.2) is 16.0 Å². The fraction of sp³-hybridized carbons (Fsp3) is 0.600. The molecular weight excluding hydrogens is 212 g/mol. The predicted octanol–water partition coefficient (Wildman–Crippen LogP) is 2.57. The Balaban J connectivity index is 0.00000196. The summed E-state index contributed by atoms with van der Waals surface area (Å²) in [4.78, 5) is 4.16. The van der Waals surface area contributed by atoms with Gasteiger partial charge in [0.25, 0.3) is 0 Å². The van der Waals surface area contributed by atoms with Crippen LogP contribution in [0.25, 0.3) is 0 Å². The zero-order valence-corrected chi connectivity index (χ0v) is 10.1. The standard InChI is InChI=1S/C10H18N4.ClH/c1-3-5-6-8-7-10(14-13-8)12-9(11)4-2;/h7H,3-6H2,1-2H3,(H3,11,12,13,14);1H. The van der Waals surface area contributed by atoms with E-state index in [0.29, 0.717) is 11.7 Å². The summed E-state index contributed by atoms with van der Waals surface area (Å²) in [6, 6.07) is 1.96. The Bertz CT molecular complexity index is 306. The van der Waals surface area contributed by atoms with Gasteiger partial charge in [-0.05, 0) is 12.8 Å². The second-order valence-corrected chi connectivity index (χ2v) is 3.31. The summed E-state index contributed by atoms with van der Waals surface area (Å²) < 4.78 is 0. The van der Waals surface area contributed by atoms with Crippen molar-refractivity contribution in [3.8, 4) is 0 Å². The average Bonchev–Trinajstić information content (AvgIpc) is 2.62. The lowest BCUT2D eigenvalue weighted by molar-refractivity contribution is 0.772. The minimum Gasteiger partial charge on any atom is -0.387 e. The highest BCUT2D eigenvalue weighted by atomic mass is 35.5. The highest BCUT2D eigenvalue weighted by Gasteiger charge is 1.99. The van der Waals surface area contributed by atoms with Crippen molar-refractivity contribution in [3.63, 3.8) is 0 Å². The van der Waals surface area contributed by atoms with Gasteiger partial charge in [-0.3, -0.25) is 5.10 Å². The van der Waals surface area contributed by atoms with Crippen LogP contribution in [-0.2, 0) is 6.42 Å². The Labute approximate surface area is 96.8 Å². The topological polar surface area (TPSA) is 67.1 Å². The number of nitrogens with one attached hydrogen (secondary N) is 1. The van der Waals surface area contributed by atoms with E-state index in [0.717, 1.165) is 18.5 Å². The molecule has 0 aromatic carbocycles. The number of aliphatic imine (C=N–C) groups is 1. The first kappa shape index (κ1) is 14.0. The molecule has 1 rings (SSSR count). The van der Waals surface area contributed by atoms with Crippen molar-refractivity contribution in [2.75, 3.05) is 0 Å². The Hall–Kier alpha value is -1.03. The van der Waals surface area contributed by atoms with E-state index in [1.165, 1.54) is 12.8 Å². The molecule has 0 fully saturated rings. The maximum absolute atomic E-state index is 5.61. The largest absolute Gasteiger partial charge is 0.387 e. The third-order valence-corrected chi connectivity index (χ3v) is 2.04. The van der Waals surface area contributed by atoms with E-state index in [4.69, 9.17) is 5.73 Å². The van der Waals surface area contributed by atoms with E-state index in [9.17, 15) is 0 Å². The van der Waals surface area contributed by atoms with Crippen molar-refractivity contribution in [2.45, 2.75) is 39.5 Å². The number of nitrogens with zero attached hydrogens (tertiary/aromatic N) is 2. The van der Waals surface area contributed by atoms with E-state index < -0.39 is 0 Å². The lowest BCUT2D eigenvalue weighted by Crippen LogP contribution is -2.08. The Morgan fingerprint density at radius 2 is 2.27 bits per heavy atom. The minimum absolute atomic E-state index is 0. The van der Waals surface area contributed by atoms with E-state index in [2.05, 4.69) is 22.1 Å². The van der Waals surface area contributed by atoms with Crippen LogP contribution >= 0.6 is 12.4 Å². The van der Waals surface area contributed by atoms with Crippen LogP contribution in [0.5, 0.6) is 0 Å². The number of rotatable bonds is 5. The first-order valence-electron chi connectivity index (χ1n) is 5.13. The van der Waals surface area contributed by atoms with Gasteiger partial charge in [0, 0.05) is 18.2 Å². The molecule has 0 saturated carbocycles. The summed E-state index contributed by atoms with van der Waals surface area (Å²) in [6.07, 6.45) is 4.16. The van der Waals surface area contributed by atoms with Gasteiger partial charge >= 0.3 is 0 Å². The molecule has 1 aromatic rings. The van der Waals surface area contributed by atoms with Crippen molar-refractivity contribution in [2.24, 2.45) is 10.7 Å². The van der Waals surface area contributed by atoms with Gasteiger partial charge in [-0.1, -0.05) is 20.3 Å². The molecule has 0 aliphatic heterocycles. The van der Waals surface area contributed by atoms with Crippen LogP contribution in [0.2, 0.25) is 0 Å². The summed E-state index contributed by atoms with van der Waals surface area (Å²) in [5.74, 6) is 1.31. The van der Waals surface area contributed by atoms with Gasteiger partial charge in [-0.25, -0.2) is 4.99 Å². The smallest absolute Gasteiger partial charge is 0.175 e. The van der Waals surface area contributed by atoms with E-state index >= 15 is 0 Å². The van der Waals surface area contributed by atoms with Crippen molar-refractivity contribution >= 4 is 24.1 Å². The highest BCUT2D eigenvalue weighted by Crippen LogP contribution is 2.11. The summed E-state index contributed by atoms with van der Waals surface area (Å²) >= 11 is 0. The first-order chi connectivity index (χ1) is 6.76. The third-order valence-electron chi connectivity index (χ3n) is 2.04. The van der Waals surface area contributed by atoms with Crippen LogP contribution < -0.4 is 5.73 Å². The van der Waals surface area contributed by atoms with Gasteiger partial charge in [-0.2, -0.15) is 5.10 Å². The highest BCUT2D eigenvalue weighted by molar-refractivity contribution is 5.85. The second kappa shape index (κ2) is 7.29. The maximum atomic E-state index is 5.61. The number of aryl methyl sites for hydroxylation is 1. The molecule has 4 nitrogen and oxygen atoms in total. The molecule has 1 aromatic heterocycles. The summed E-state index contributed by atoms with van der Waals surface area (Å²) in [7, 11) is 0. The van der Waals surface area contributed by atoms with E-state index in [1.807, 2.05) is 13.0 Å². The Morgan fingerprint density at radius 3 is 2.87 bits per heavy atom. The van der Waals surface area contributed by atoms with Crippen LogP contribution in [0.3, 0.4) is 0 Å². The molecule has 86 valence electrons. The second-order valence-electron chi connectivity index (χ2n) is 3.31. The molecule has 0 atom stereocenters. The lowest BCUT2D eigenvalue weighted by atomic mass is 10.2. The molecule has 0 aliphatic carbocycles. The third kappa shape index (κ3) is 4.83. The van der Waals surface area contributed by atoms with Crippen LogP contribution in [0, 0.1) is 0 Å². The molecule has 5 heteroatoms. The molecule has 0 saturated heterocycles. The number of aromatic nitrogens is 2. The van der Waals surface area contributed by atoms with E-state index in [1.54, 1.807) is 0 Å². The number of nitrogens with two attached hydrogens (primary N) is 1. The molecular formula is C10H19ClN4. The quantitative estimate of drug-likeness (QED) is 0.603. The van der Waals surface area contributed by atoms with Gasteiger partial charge in [0.2, 0.25) is 0 Å². The van der Waals surface area contributed by atoms with Gasteiger partial charge in [0.15, 0.2) is 5.82 Å². The van der Waals surface area contributed by atoms with Crippen LogP contribution in [0.4, 0.5) is 5.82 Å². The number of hydrogen-bond acceptors (Lipinski definition) is 2.